The summed E-state index contributed by atoms with van der Waals surface area (Å²) in [6, 6.07) is 102. The third-order valence-corrected chi connectivity index (χ3v) is 47.5. The molecular weight excluding hydrogens is 821 g/mol. The van der Waals surface area contributed by atoms with E-state index in [1.165, 1.54) is 63.3 Å². The maximum Gasteiger partial charge on any atom is 0.150 e. The Labute approximate surface area is 378 Å². The minimum Gasteiger partial charge on any atom is -0.308 e. The first-order valence-electron chi connectivity index (χ1n) is 22.1. The molecule has 0 N–H and O–H groups in total. The fraction of sp³-hybridized carbons (Fsp3) is 0. The van der Waals surface area contributed by atoms with Crippen LogP contribution >= 0.6 is 0 Å². The maximum absolute atomic E-state index is 5.42. The van der Waals surface area contributed by atoms with Gasteiger partial charge in [-0.3, -0.25) is 4.98 Å². The van der Waals surface area contributed by atoms with E-state index >= 15 is 0 Å². The fourth-order valence-corrected chi connectivity index (χ4v) is 56.5. The average Bonchev–Trinajstić information content (AvgIpc) is 3.73. The van der Waals surface area contributed by atoms with Crippen molar-refractivity contribution in [3.05, 3.63) is 279 Å². The Morgan fingerprint density at radius 1 is 0.266 bits per heavy atom. The van der Waals surface area contributed by atoms with Crippen LogP contribution in [0.4, 0.5) is 0 Å². The molecule has 11 aromatic rings. The second-order valence-electron chi connectivity index (χ2n) is 16.6. The molecule has 0 saturated heterocycles. The van der Waals surface area contributed by atoms with Crippen molar-refractivity contribution in [1.82, 2.24) is 9.55 Å². The lowest BCUT2D eigenvalue weighted by Gasteiger charge is -2.59. The molecule has 0 saturated carbocycles. The van der Waals surface area contributed by atoms with Gasteiger partial charge in [0.05, 0.1) is 22.9 Å². The quantitative estimate of drug-likeness (QED) is 0.0948. The molecule has 0 fully saturated rings. The molecule has 0 amide bonds. The molecule has 0 aliphatic rings. The highest BCUT2D eigenvalue weighted by Crippen LogP contribution is 2.34. The lowest BCUT2D eigenvalue weighted by molar-refractivity contribution is 1.15. The van der Waals surface area contributed by atoms with Crippen molar-refractivity contribution in [1.29, 1.82) is 0 Å². The Morgan fingerprint density at radius 3 is 0.891 bits per heavy atom. The molecule has 0 radical (unpaired) electrons. The van der Waals surface area contributed by atoms with Crippen molar-refractivity contribution in [3.63, 3.8) is 0 Å². The molecule has 2 heterocycles. The summed E-state index contributed by atoms with van der Waals surface area (Å²) in [5.74, 6) is 0. The van der Waals surface area contributed by atoms with Crippen LogP contribution in [0, 0.1) is 0 Å². The van der Waals surface area contributed by atoms with Crippen LogP contribution in [0.3, 0.4) is 0 Å². The van der Waals surface area contributed by atoms with E-state index in [-0.39, 0.29) is 0 Å². The Morgan fingerprint density at radius 2 is 0.547 bits per heavy atom. The molecule has 0 unspecified atom stereocenters. The highest BCUT2D eigenvalue weighted by molar-refractivity contribution is 7.89. The number of aromatic nitrogens is 2. The first kappa shape index (κ1) is 39.4. The first-order valence-corrected chi connectivity index (χ1v) is 30.1. The molecule has 0 spiro atoms. The lowest BCUT2D eigenvalue weighted by atomic mass is 10.2. The number of nitrogens with zero attached hydrogens (tertiary/aromatic N) is 2. The van der Waals surface area contributed by atoms with Gasteiger partial charge < -0.3 is 4.57 Å². The van der Waals surface area contributed by atoms with Gasteiger partial charge in [0.2, 0.25) is 0 Å². The SMILES string of the molecule is c1ccc([Si](c2ccccc2)(c2ccccc2)[Si](c2ccccc2)(c2ccccc2)[Si](c2ccccc2)(c2ccccc2)c2cncc(-n3c4ccccc4c4ccccc43)c2)cc1. The van der Waals surface area contributed by atoms with Gasteiger partial charge in [-0.15, -0.1) is 0 Å². The largest absolute Gasteiger partial charge is 0.308 e. The van der Waals surface area contributed by atoms with Crippen molar-refractivity contribution in [2.45, 2.75) is 0 Å². The normalized spacial score (nSPS) is 12.1. The van der Waals surface area contributed by atoms with Gasteiger partial charge in [-0.2, -0.15) is 0 Å². The van der Waals surface area contributed by atoms with Gasteiger partial charge in [0.15, 0.2) is 0 Å². The smallest absolute Gasteiger partial charge is 0.150 e. The summed E-state index contributed by atoms with van der Waals surface area (Å²) in [4.78, 5) is 5.42. The predicted molar refractivity (Wildman–Crippen MR) is 278 cm³/mol. The van der Waals surface area contributed by atoms with Crippen LogP contribution in [0.1, 0.15) is 0 Å². The van der Waals surface area contributed by atoms with E-state index < -0.39 is 22.3 Å². The van der Waals surface area contributed by atoms with Crippen LogP contribution in [0.2, 0.25) is 0 Å². The maximum atomic E-state index is 5.42. The highest BCUT2D eigenvalue weighted by Gasteiger charge is 2.72. The fourth-order valence-electron chi connectivity index (χ4n) is 11.4. The van der Waals surface area contributed by atoms with Gasteiger partial charge >= 0.3 is 0 Å². The Kier molecular flexibility index (Phi) is 10.3. The van der Waals surface area contributed by atoms with Gasteiger partial charge in [-0.05, 0) is 23.4 Å². The van der Waals surface area contributed by atoms with Gasteiger partial charge in [-0.25, -0.2) is 0 Å². The third-order valence-electron chi connectivity index (χ3n) is 13.6. The molecule has 2 aromatic heterocycles. The van der Waals surface area contributed by atoms with Gasteiger partial charge in [0, 0.05) is 17.0 Å². The molecule has 9 aromatic carbocycles. The number of rotatable bonds is 11. The van der Waals surface area contributed by atoms with E-state index in [1.807, 2.05) is 0 Å². The second-order valence-corrected chi connectivity index (χ2v) is 36.2. The summed E-state index contributed by atoms with van der Waals surface area (Å²) in [5.41, 5.74) is 3.41. The monoisotopic (exact) mass is 866 g/mol. The van der Waals surface area contributed by atoms with E-state index in [9.17, 15) is 0 Å². The van der Waals surface area contributed by atoms with Crippen LogP contribution in [-0.2, 0) is 0 Å². The lowest BCUT2D eigenvalue weighted by Crippen LogP contribution is -3.04. The Bertz CT molecular complexity index is 3080. The van der Waals surface area contributed by atoms with Gasteiger partial charge in [0.1, 0.15) is 22.3 Å². The number of benzene rings is 9. The van der Waals surface area contributed by atoms with Crippen LogP contribution < -0.4 is 41.5 Å². The predicted octanol–water partition coefficient (Wildman–Crippen LogP) is 8.24. The third kappa shape index (κ3) is 5.93. The van der Waals surface area contributed by atoms with E-state index in [1.54, 1.807) is 0 Å². The van der Waals surface area contributed by atoms with Crippen molar-refractivity contribution >= 4 is 85.6 Å². The summed E-state index contributed by atoms with van der Waals surface area (Å²) in [7, 11) is -10.4. The van der Waals surface area contributed by atoms with Crippen molar-refractivity contribution < 1.29 is 0 Å². The number of hydrogen-bond acceptors (Lipinski definition) is 1. The van der Waals surface area contributed by atoms with Crippen molar-refractivity contribution in [2.24, 2.45) is 0 Å². The zero-order valence-electron chi connectivity index (χ0n) is 35.5. The molecule has 11 rings (SSSR count). The van der Waals surface area contributed by atoms with E-state index in [4.69, 9.17) is 4.98 Å². The molecule has 2 nitrogen and oxygen atoms in total. The minimum atomic E-state index is -3.54. The van der Waals surface area contributed by atoms with E-state index in [2.05, 4.69) is 284 Å². The molecule has 5 heteroatoms. The molecule has 0 aliphatic heterocycles. The summed E-state index contributed by atoms with van der Waals surface area (Å²) in [6.45, 7) is 0. The van der Waals surface area contributed by atoms with Crippen LogP contribution in [0.5, 0.6) is 0 Å². The number of fused-ring (bicyclic) bond motifs is 3. The summed E-state index contributed by atoms with van der Waals surface area (Å²) >= 11 is 0. The number of para-hydroxylation sites is 2. The topological polar surface area (TPSA) is 17.8 Å². The van der Waals surface area contributed by atoms with Gasteiger partial charge in [-0.1, -0.05) is 285 Å². The Hall–Kier alpha value is -7.42. The highest BCUT2D eigenvalue weighted by atomic mass is 29.6. The molecule has 0 aliphatic carbocycles. The van der Waals surface area contributed by atoms with Crippen LogP contribution in [0.25, 0.3) is 27.5 Å². The second kappa shape index (κ2) is 16.7. The number of pyridine rings is 1. The van der Waals surface area contributed by atoms with Crippen molar-refractivity contribution in [2.75, 3.05) is 0 Å². The molecule has 304 valence electrons. The average molecular weight is 867 g/mol. The van der Waals surface area contributed by atoms with E-state index in [0.29, 0.717) is 0 Å². The van der Waals surface area contributed by atoms with Crippen LogP contribution in [0.15, 0.2) is 279 Å². The molecule has 64 heavy (non-hydrogen) atoms. The van der Waals surface area contributed by atoms with Crippen LogP contribution in [-0.4, -0.2) is 31.8 Å². The standard InChI is InChI=1S/C59H46N2Si3/c1-8-26-48(27-9-1)62(49-28-10-2-11-29-49,50-30-12-3-13-31-50)64(53-36-18-6-19-37-53,54-38-20-7-21-39-54)63(51-32-14-4-15-33-51,52-34-16-5-17-35-52)55-44-47(45-60-46-55)61-58-42-24-22-40-56(58)57-41-23-25-43-59(57)61/h1-46H. The first-order chi connectivity index (χ1) is 31.8. The summed E-state index contributed by atoms with van der Waals surface area (Å²) < 4.78 is 2.45. The molecular formula is C59H46N2Si3. The summed E-state index contributed by atoms with van der Waals surface area (Å²) in [5, 5.41) is 13.6. The van der Waals surface area contributed by atoms with Crippen molar-refractivity contribution in [3.8, 4) is 5.69 Å². The zero-order valence-corrected chi connectivity index (χ0v) is 38.5. The summed E-state index contributed by atoms with van der Waals surface area (Å²) in [6.07, 6.45) is 4.35. The van der Waals surface area contributed by atoms with Gasteiger partial charge in [0.25, 0.3) is 0 Å². The zero-order chi connectivity index (χ0) is 42.8. The molecule has 0 atom stereocenters. The number of hydrogen-bond donors (Lipinski definition) is 0. The molecule has 0 bridgehead atoms. The Balaban J connectivity index is 1.44. The minimum absolute atomic E-state index is 1.06. The van der Waals surface area contributed by atoms with E-state index in [0.717, 1.165) is 5.69 Å².